The Morgan fingerprint density at radius 2 is 1.78 bits per heavy atom. The van der Waals surface area contributed by atoms with Gasteiger partial charge in [-0.15, -0.1) is 0 Å². The maximum absolute atomic E-state index is 9.71. The summed E-state index contributed by atoms with van der Waals surface area (Å²) in [5.41, 5.74) is 4.52. The van der Waals surface area contributed by atoms with Crippen LogP contribution in [0.15, 0.2) is 60.8 Å². The van der Waals surface area contributed by atoms with Gasteiger partial charge in [-0.1, -0.05) is 36.4 Å². The summed E-state index contributed by atoms with van der Waals surface area (Å²) in [7, 11) is 0. The van der Waals surface area contributed by atoms with Crippen LogP contribution in [-0.4, -0.2) is 67.0 Å². The molecule has 0 N–H and O–H groups in total. The molecule has 0 aliphatic carbocycles. The molecule has 3 aromatic rings. The zero-order valence-corrected chi connectivity index (χ0v) is 21.0. The first-order chi connectivity index (χ1) is 18.3. The molecule has 0 atom stereocenters. The molecule has 5 rings (SSSR count). The van der Waals surface area contributed by atoms with Crippen LogP contribution in [0.5, 0.6) is 5.75 Å². The summed E-state index contributed by atoms with van der Waals surface area (Å²) in [6.07, 6.45) is 8.56. The Kier molecular flexibility index (Phi) is 8.54. The van der Waals surface area contributed by atoms with E-state index in [0.29, 0.717) is 30.9 Å². The van der Waals surface area contributed by atoms with Gasteiger partial charge in [-0.25, -0.2) is 9.97 Å². The summed E-state index contributed by atoms with van der Waals surface area (Å²) in [6.45, 7) is 5.97. The summed E-state index contributed by atoms with van der Waals surface area (Å²) in [4.78, 5) is 11.6. The molecule has 1 aromatic heterocycles. The molecular formula is C30H32N4O3. The van der Waals surface area contributed by atoms with E-state index in [1.165, 1.54) is 5.56 Å². The van der Waals surface area contributed by atoms with Crippen LogP contribution in [-0.2, 0) is 15.9 Å². The van der Waals surface area contributed by atoms with Crippen LogP contribution >= 0.6 is 0 Å². The van der Waals surface area contributed by atoms with E-state index in [0.717, 1.165) is 68.3 Å². The van der Waals surface area contributed by atoms with Gasteiger partial charge in [0.25, 0.3) is 0 Å². The van der Waals surface area contributed by atoms with Crippen molar-refractivity contribution in [2.24, 2.45) is 0 Å². The Morgan fingerprint density at radius 1 is 1.00 bits per heavy atom. The minimum atomic E-state index is 0.0870. The van der Waals surface area contributed by atoms with Gasteiger partial charge in [-0.05, 0) is 35.4 Å². The molecule has 2 aromatic carbocycles. The van der Waals surface area contributed by atoms with Gasteiger partial charge in [0.05, 0.1) is 37.7 Å². The van der Waals surface area contributed by atoms with Gasteiger partial charge < -0.3 is 14.2 Å². The van der Waals surface area contributed by atoms with Crippen LogP contribution < -0.4 is 4.74 Å². The van der Waals surface area contributed by atoms with Crippen molar-refractivity contribution in [3.8, 4) is 23.1 Å². The van der Waals surface area contributed by atoms with Crippen molar-refractivity contribution < 1.29 is 14.2 Å². The summed E-state index contributed by atoms with van der Waals surface area (Å²) in [6, 6.07) is 18.3. The predicted octanol–water partition coefficient (Wildman–Crippen LogP) is 4.51. The lowest BCUT2D eigenvalue weighted by Crippen LogP contribution is -2.36. The number of hydrogen-bond acceptors (Lipinski definition) is 7. The standard InChI is InChI=1S/C30H32N4O3/c31-22-26-21-25(7-8-29(26)37-27-10-16-35-17-11-27)28-9-12-32-30(33-28)20-24-5-3-23(4-6-24)2-1-13-34-14-18-36-19-15-34/h1-9,12,21,27H,10-11,13-20H2/b2-1+. The van der Waals surface area contributed by atoms with Gasteiger partial charge >= 0.3 is 0 Å². The van der Waals surface area contributed by atoms with E-state index < -0.39 is 0 Å². The van der Waals surface area contributed by atoms with Crippen LogP contribution in [0, 0.1) is 11.3 Å². The number of morpholine rings is 1. The van der Waals surface area contributed by atoms with Gasteiger partial charge in [0.1, 0.15) is 23.7 Å². The van der Waals surface area contributed by atoms with E-state index in [9.17, 15) is 5.26 Å². The quantitative estimate of drug-likeness (QED) is 0.454. The van der Waals surface area contributed by atoms with Gasteiger partial charge in [-0.3, -0.25) is 4.90 Å². The molecule has 0 radical (unpaired) electrons. The highest BCUT2D eigenvalue weighted by Gasteiger charge is 2.17. The normalized spacial score (nSPS) is 17.1. The van der Waals surface area contributed by atoms with Crippen LogP contribution in [0.4, 0.5) is 0 Å². The molecule has 2 saturated heterocycles. The highest BCUT2D eigenvalue weighted by Crippen LogP contribution is 2.27. The van der Waals surface area contributed by atoms with Crippen molar-refractivity contribution in [1.29, 1.82) is 5.26 Å². The summed E-state index contributed by atoms with van der Waals surface area (Å²) in [5, 5.41) is 9.71. The molecule has 2 aliphatic heterocycles. The minimum absolute atomic E-state index is 0.0870. The Bertz CT molecular complexity index is 1240. The first kappa shape index (κ1) is 25.1. The molecule has 37 heavy (non-hydrogen) atoms. The van der Waals surface area contributed by atoms with Crippen molar-refractivity contribution >= 4 is 6.08 Å². The molecule has 0 amide bonds. The monoisotopic (exact) mass is 496 g/mol. The number of aromatic nitrogens is 2. The summed E-state index contributed by atoms with van der Waals surface area (Å²) >= 11 is 0. The second-order valence-corrected chi connectivity index (χ2v) is 9.34. The largest absolute Gasteiger partial charge is 0.489 e. The SMILES string of the molecule is N#Cc1cc(-c2ccnc(Cc3ccc(/C=C/CN4CCOCC4)cc3)n2)ccc1OC1CCOCC1. The van der Waals surface area contributed by atoms with Crippen molar-refractivity contribution in [3.63, 3.8) is 0 Å². The molecule has 7 nitrogen and oxygen atoms in total. The van der Waals surface area contributed by atoms with Gasteiger partial charge in [0, 0.05) is 50.7 Å². The van der Waals surface area contributed by atoms with Crippen LogP contribution in [0.2, 0.25) is 0 Å². The predicted molar refractivity (Wildman–Crippen MR) is 142 cm³/mol. The average Bonchev–Trinajstić information content (AvgIpc) is 2.95. The van der Waals surface area contributed by atoms with E-state index in [1.54, 1.807) is 6.20 Å². The van der Waals surface area contributed by atoms with Crippen LogP contribution in [0.25, 0.3) is 17.3 Å². The number of hydrogen-bond donors (Lipinski definition) is 0. The molecule has 0 bridgehead atoms. The van der Waals surface area contributed by atoms with Gasteiger partial charge in [-0.2, -0.15) is 5.26 Å². The Labute approximate surface area is 218 Å². The van der Waals surface area contributed by atoms with E-state index in [2.05, 4.69) is 52.4 Å². The van der Waals surface area contributed by atoms with E-state index >= 15 is 0 Å². The lowest BCUT2D eigenvalue weighted by Gasteiger charge is -2.25. The van der Waals surface area contributed by atoms with Gasteiger partial charge in [0.15, 0.2) is 0 Å². The van der Waals surface area contributed by atoms with Crippen molar-refractivity contribution in [1.82, 2.24) is 14.9 Å². The minimum Gasteiger partial charge on any atom is -0.489 e. The average molecular weight is 497 g/mol. The molecule has 3 heterocycles. The van der Waals surface area contributed by atoms with E-state index in [4.69, 9.17) is 19.2 Å². The second kappa shape index (κ2) is 12.6. The fourth-order valence-corrected chi connectivity index (χ4v) is 4.55. The number of nitrogens with zero attached hydrogens (tertiary/aromatic N) is 4. The maximum Gasteiger partial charge on any atom is 0.137 e. The molecule has 0 spiro atoms. The summed E-state index contributed by atoms with van der Waals surface area (Å²) in [5.74, 6) is 1.36. The number of ether oxygens (including phenoxy) is 3. The third kappa shape index (κ3) is 7.01. The first-order valence-electron chi connectivity index (χ1n) is 12.9. The number of benzene rings is 2. The topological polar surface area (TPSA) is 80.5 Å². The highest BCUT2D eigenvalue weighted by molar-refractivity contribution is 5.64. The number of rotatable bonds is 8. The fourth-order valence-electron chi connectivity index (χ4n) is 4.55. The summed E-state index contributed by atoms with van der Waals surface area (Å²) < 4.78 is 16.9. The zero-order chi connectivity index (χ0) is 25.3. The van der Waals surface area contributed by atoms with Crippen molar-refractivity contribution in [2.45, 2.75) is 25.4 Å². The smallest absolute Gasteiger partial charge is 0.137 e. The lowest BCUT2D eigenvalue weighted by atomic mass is 10.1. The van der Waals surface area contributed by atoms with Crippen molar-refractivity contribution in [3.05, 3.63) is 83.3 Å². The molecule has 7 heteroatoms. The van der Waals surface area contributed by atoms with Gasteiger partial charge in [0.2, 0.25) is 0 Å². The fraction of sp³-hybridized carbons (Fsp3) is 0.367. The molecule has 0 unspecified atom stereocenters. The Morgan fingerprint density at radius 3 is 2.57 bits per heavy atom. The first-order valence-corrected chi connectivity index (χ1v) is 12.9. The third-order valence-electron chi connectivity index (χ3n) is 6.68. The third-order valence-corrected chi connectivity index (χ3v) is 6.68. The van der Waals surface area contributed by atoms with E-state index in [-0.39, 0.29) is 6.10 Å². The maximum atomic E-state index is 9.71. The van der Waals surface area contributed by atoms with Crippen LogP contribution in [0.1, 0.15) is 35.4 Å². The van der Waals surface area contributed by atoms with Crippen LogP contribution in [0.3, 0.4) is 0 Å². The van der Waals surface area contributed by atoms with E-state index in [1.807, 2.05) is 24.3 Å². The molecule has 190 valence electrons. The Balaban J connectivity index is 1.22. The lowest BCUT2D eigenvalue weighted by molar-refractivity contribution is 0.0254. The molecule has 0 saturated carbocycles. The molecule has 2 fully saturated rings. The molecular weight excluding hydrogens is 464 g/mol. The highest BCUT2D eigenvalue weighted by atomic mass is 16.5. The zero-order valence-electron chi connectivity index (χ0n) is 21.0. The Hall–Kier alpha value is -3.57. The van der Waals surface area contributed by atoms with Crippen molar-refractivity contribution in [2.75, 3.05) is 46.1 Å². The number of nitriles is 1. The molecule has 2 aliphatic rings. The second-order valence-electron chi connectivity index (χ2n) is 9.34.